The molecule has 0 spiro atoms. The lowest BCUT2D eigenvalue weighted by Crippen LogP contribution is -2.16. The molecule has 1 aromatic heterocycles. The van der Waals surface area contributed by atoms with Crippen LogP contribution in [-0.4, -0.2) is 15.8 Å². The van der Waals surface area contributed by atoms with Crippen molar-refractivity contribution in [3.8, 4) is 0 Å². The number of nitrogens with two attached hydrogens (primary N) is 1. The number of hydrogen-bond acceptors (Lipinski definition) is 2. The monoisotopic (exact) mass is 167 g/mol. The zero-order valence-electron chi connectivity index (χ0n) is 8.04. The molecule has 0 radical (unpaired) electrons. The van der Waals surface area contributed by atoms with E-state index < -0.39 is 0 Å². The molecule has 3 nitrogen and oxygen atoms in total. The quantitative estimate of drug-likeness (QED) is 0.730. The van der Waals surface area contributed by atoms with E-state index in [1.165, 1.54) is 11.3 Å². The molecular weight excluding hydrogens is 150 g/mol. The SMILES string of the molecule is Cc1cnn(C)c1CCC(C)N. The van der Waals surface area contributed by atoms with Crippen LogP contribution in [0, 0.1) is 6.92 Å². The van der Waals surface area contributed by atoms with Crippen LogP contribution in [0.15, 0.2) is 6.20 Å². The first-order valence-electron chi connectivity index (χ1n) is 4.34. The molecule has 68 valence electrons. The first kappa shape index (κ1) is 9.26. The van der Waals surface area contributed by atoms with Crippen LogP contribution in [0.5, 0.6) is 0 Å². The summed E-state index contributed by atoms with van der Waals surface area (Å²) in [6.07, 6.45) is 3.96. The van der Waals surface area contributed by atoms with Crippen molar-refractivity contribution >= 4 is 0 Å². The lowest BCUT2D eigenvalue weighted by molar-refractivity contribution is 0.622. The van der Waals surface area contributed by atoms with Crippen LogP contribution in [0.1, 0.15) is 24.6 Å². The highest BCUT2D eigenvalue weighted by atomic mass is 15.3. The largest absolute Gasteiger partial charge is 0.328 e. The third-order valence-corrected chi connectivity index (χ3v) is 2.11. The summed E-state index contributed by atoms with van der Waals surface area (Å²) in [6, 6.07) is 0.277. The van der Waals surface area contributed by atoms with Crippen molar-refractivity contribution in [2.75, 3.05) is 0 Å². The Labute approximate surface area is 73.6 Å². The van der Waals surface area contributed by atoms with Crippen molar-refractivity contribution in [2.24, 2.45) is 12.8 Å². The van der Waals surface area contributed by atoms with E-state index in [2.05, 4.69) is 12.0 Å². The van der Waals surface area contributed by atoms with Gasteiger partial charge in [0.2, 0.25) is 0 Å². The molecule has 0 bridgehead atoms. The average Bonchev–Trinajstić information content (AvgIpc) is 2.28. The fraction of sp³-hybridized carbons (Fsp3) is 0.667. The maximum Gasteiger partial charge on any atom is 0.0521 e. The Balaban J connectivity index is 2.62. The number of nitrogens with zero attached hydrogens (tertiary/aromatic N) is 2. The second-order valence-electron chi connectivity index (χ2n) is 3.41. The molecule has 1 rings (SSSR count). The maximum absolute atomic E-state index is 5.68. The van der Waals surface area contributed by atoms with Gasteiger partial charge >= 0.3 is 0 Å². The minimum atomic E-state index is 0.277. The summed E-state index contributed by atoms with van der Waals surface area (Å²) in [5.74, 6) is 0. The van der Waals surface area contributed by atoms with Crippen LogP contribution < -0.4 is 5.73 Å². The van der Waals surface area contributed by atoms with E-state index in [1.807, 2.05) is 24.9 Å². The predicted octanol–water partition coefficient (Wildman–Crippen LogP) is 1.01. The van der Waals surface area contributed by atoms with Gasteiger partial charge in [0.25, 0.3) is 0 Å². The topological polar surface area (TPSA) is 43.8 Å². The summed E-state index contributed by atoms with van der Waals surface area (Å²) < 4.78 is 1.93. The maximum atomic E-state index is 5.68. The second kappa shape index (κ2) is 3.72. The Bertz CT molecular complexity index is 231. The Kier molecular flexibility index (Phi) is 2.87. The number of aryl methyl sites for hydroxylation is 2. The third-order valence-electron chi connectivity index (χ3n) is 2.11. The molecule has 0 fully saturated rings. The minimum Gasteiger partial charge on any atom is -0.328 e. The molecule has 1 aromatic rings. The molecule has 3 heteroatoms. The first-order chi connectivity index (χ1) is 5.61. The fourth-order valence-electron chi connectivity index (χ4n) is 1.30. The van der Waals surface area contributed by atoms with Crippen molar-refractivity contribution in [1.82, 2.24) is 9.78 Å². The van der Waals surface area contributed by atoms with Gasteiger partial charge in [0.15, 0.2) is 0 Å². The van der Waals surface area contributed by atoms with Crippen LogP contribution in [0.25, 0.3) is 0 Å². The van der Waals surface area contributed by atoms with Gasteiger partial charge in [-0.3, -0.25) is 4.68 Å². The molecule has 1 unspecified atom stereocenters. The summed E-state index contributed by atoms with van der Waals surface area (Å²) in [4.78, 5) is 0. The van der Waals surface area contributed by atoms with Crippen LogP contribution in [0.4, 0.5) is 0 Å². The van der Waals surface area contributed by atoms with E-state index in [0.29, 0.717) is 0 Å². The number of aromatic nitrogens is 2. The highest BCUT2D eigenvalue weighted by molar-refractivity contribution is 5.15. The normalized spacial score (nSPS) is 13.3. The standard InChI is InChI=1S/C9H17N3/c1-7-6-11-12(3)9(7)5-4-8(2)10/h6,8H,4-5,10H2,1-3H3. The molecule has 0 aliphatic heterocycles. The Morgan fingerprint density at radius 3 is 2.75 bits per heavy atom. The summed E-state index contributed by atoms with van der Waals surface area (Å²) in [5, 5.41) is 4.17. The molecule has 0 aromatic carbocycles. The molecule has 0 amide bonds. The van der Waals surface area contributed by atoms with Crippen LogP contribution in [0.3, 0.4) is 0 Å². The van der Waals surface area contributed by atoms with Crippen LogP contribution >= 0.6 is 0 Å². The zero-order valence-corrected chi connectivity index (χ0v) is 8.04. The lowest BCUT2D eigenvalue weighted by atomic mass is 10.1. The van der Waals surface area contributed by atoms with Crippen molar-refractivity contribution in [2.45, 2.75) is 32.7 Å². The molecule has 0 aliphatic carbocycles. The van der Waals surface area contributed by atoms with Crippen molar-refractivity contribution in [3.05, 3.63) is 17.5 Å². The Hall–Kier alpha value is -0.830. The zero-order chi connectivity index (χ0) is 9.14. The molecule has 12 heavy (non-hydrogen) atoms. The van der Waals surface area contributed by atoms with Crippen molar-refractivity contribution < 1.29 is 0 Å². The molecule has 0 saturated carbocycles. The number of rotatable bonds is 3. The molecule has 0 saturated heterocycles. The van der Waals surface area contributed by atoms with E-state index in [1.54, 1.807) is 0 Å². The first-order valence-corrected chi connectivity index (χ1v) is 4.34. The van der Waals surface area contributed by atoms with Crippen LogP contribution in [-0.2, 0) is 13.5 Å². The second-order valence-corrected chi connectivity index (χ2v) is 3.41. The van der Waals surface area contributed by atoms with Crippen molar-refractivity contribution in [3.63, 3.8) is 0 Å². The van der Waals surface area contributed by atoms with E-state index >= 15 is 0 Å². The highest BCUT2D eigenvalue weighted by Crippen LogP contribution is 2.08. The van der Waals surface area contributed by atoms with Crippen molar-refractivity contribution in [1.29, 1.82) is 0 Å². The average molecular weight is 167 g/mol. The van der Waals surface area contributed by atoms with Gasteiger partial charge in [-0.15, -0.1) is 0 Å². The summed E-state index contributed by atoms with van der Waals surface area (Å²) in [7, 11) is 1.98. The van der Waals surface area contributed by atoms with Gasteiger partial charge in [-0.2, -0.15) is 5.10 Å². The van der Waals surface area contributed by atoms with Gasteiger partial charge in [-0.1, -0.05) is 0 Å². The van der Waals surface area contributed by atoms with Gasteiger partial charge in [-0.25, -0.2) is 0 Å². The minimum absolute atomic E-state index is 0.277. The van der Waals surface area contributed by atoms with E-state index in [-0.39, 0.29) is 6.04 Å². The Morgan fingerprint density at radius 2 is 2.33 bits per heavy atom. The lowest BCUT2D eigenvalue weighted by Gasteiger charge is -2.05. The van der Waals surface area contributed by atoms with Gasteiger partial charge in [0.05, 0.1) is 6.20 Å². The van der Waals surface area contributed by atoms with Gasteiger partial charge in [0.1, 0.15) is 0 Å². The smallest absolute Gasteiger partial charge is 0.0521 e. The fourth-order valence-corrected chi connectivity index (χ4v) is 1.30. The van der Waals surface area contributed by atoms with Gasteiger partial charge in [0, 0.05) is 18.8 Å². The molecule has 1 atom stereocenters. The van der Waals surface area contributed by atoms with Gasteiger partial charge in [-0.05, 0) is 32.3 Å². The molecular formula is C9H17N3. The van der Waals surface area contributed by atoms with E-state index in [0.717, 1.165) is 12.8 Å². The summed E-state index contributed by atoms with van der Waals surface area (Å²) >= 11 is 0. The van der Waals surface area contributed by atoms with Crippen LogP contribution in [0.2, 0.25) is 0 Å². The third kappa shape index (κ3) is 2.08. The van der Waals surface area contributed by atoms with E-state index in [9.17, 15) is 0 Å². The van der Waals surface area contributed by atoms with Gasteiger partial charge < -0.3 is 5.73 Å². The molecule has 2 N–H and O–H groups in total. The Morgan fingerprint density at radius 1 is 1.67 bits per heavy atom. The molecule has 0 aliphatic rings. The summed E-state index contributed by atoms with van der Waals surface area (Å²) in [5.41, 5.74) is 8.24. The molecule has 1 heterocycles. The highest BCUT2D eigenvalue weighted by Gasteiger charge is 2.04. The predicted molar refractivity (Wildman–Crippen MR) is 49.9 cm³/mol. The number of hydrogen-bond donors (Lipinski definition) is 1. The van der Waals surface area contributed by atoms with E-state index in [4.69, 9.17) is 5.73 Å². The summed E-state index contributed by atoms with van der Waals surface area (Å²) in [6.45, 7) is 4.12.